The van der Waals surface area contributed by atoms with Gasteiger partial charge in [0.15, 0.2) is 11.5 Å². The number of fused-ring (bicyclic) bond motifs is 1. The predicted octanol–water partition coefficient (Wildman–Crippen LogP) is 2.95. The molecule has 112 valence electrons. The number of pyridine rings is 2. The van der Waals surface area contributed by atoms with Gasteiger partial charge in [0.1, 0.15) is 0 Å². The molecule has 0 aromatic carbocycles. The van der Waals surface area contributed by atoms with Crippen molar-refractivity contribution in [3.8, 4) is 5.82 Å². The van der Waals surface area contributed by atoms with Crippen molar-refractivity contribution in [2.45, 2.75) is 26.7 Å². The first kappa shape index (κ1) is 14.2. The molecular weight excluding hydrogens is 280 g/mol. The maximum atomic E-state index is 11.6. The van der Waals surface area contributed by atoms with Gasteiger partial charge in [-0.25, -0.2) is 14.8 Å². The summed E-state index contributed by atoms with van der Waals surface area (Å²) in [7, 11) is 0. The van der Waals surface area contributed by atoms with E-state index >= 15 is 0 Å². The first-order valence-corrected chi connectivity index (χ1v) is 7.04. The van der Waals surface area contributed by atoms with E-state index in [0.29, 0.717) is 22.5 Å². The molecule has 1 N–H and O–H groups in total. The van der Waals surface area contributed by atoms with Gasteiger partial charge in [0.25, 0.3) is 0 Å². The van der Waals surface area contributed by atoms with Crippen LogP contribution in [0.2, 0.25) is 0 Å². The van der Waals surface area contributed by atoms with Crippen LogP contribution < -0.4 is 0 Å². The molecule has 0 spiro atoms. The van der Waals surface area contributed by atoms with Crippen LogP contribution in [0.15, 0.2) is 30.5 Å². The van der Waals surface area contributed by atoms with Crippen LogP contribution in [-0.4, -0.2) is 30.8 Å². The summed E-state index contributed by atoms with van der Waals surface area (Å²) in [6.07, 6.45) is 1.67. The molecule has 3 aromatic heterocycles. The minimum absolute atomic E-state index is 0.120. The highest BCUT2D eigenvalue weighted by Crippen LogP contribution is 2.26. The van der Waals surface area contributed by atoms with Crippen LogP contribution in [0, 0.1) is 6.92 Å². The Kier molecular flexibility index (Phi) is 3.36. The average Bonchev–Trinajstić information content (AvgIpc) is 2.84. The maximum absolute atomic E-state index is 11.6. The zero-order chi connectivity index (χ0) is 15.9. The van der Waals surface area contributed by atoms with E-state index in [1.54, 1.807) is 23.9 Å². The second kappa shape index (κ2) is 5.22. The molecule has 0 radical (unpaired) electrons. The molecule has 6 heteroatoms. The Labute approximate surface area is 127 Å². The van der Waals surface area contributed by atoms with Gasteiger partial charge in [0.2, 0.25) is 0 Å². The Morgan fingerprint density at radius 3 is 2.68 bits per heavy atom. The van der Waals surface area contributed by atoms with E-state index in [4.69, 9.17) is 0 Å². The molecule has 6 nitrogen and oxygen atoms in total. The Bertz CT molecular complexity index is 853. The molecule has 0 saturated heterocycles. The zero-order valence-electron chi connectivity index (χ0n) is 12.6. The minimum atomic E-state index is -0.974. The van der Waals surface area contributed by atoms with Crippen LogP contribution in [-0.2, 0) is 0 Å². The Morgan fingerprint density at radius 2 is 2.09 bits per heavy atom. The molecule has 3 aromatic rings. The number of nitrogens with zero attached hydrogens (tertiary/aromatic N) is 4. The summed E-state index contributed by atoms with van der Waals surface area (Å²) in [5, 5.41) is 14.5. The third-order valence-corrected chi connectivity index (χ3v) is 3.52. The zero-order valence-corrected chi connectivity index (χ0v) is 12.6. The van der Waals surface area contributed by atoms with E-state index in [2.05, 4.69) is 15.1 Å². The number of carboxylic acids is 1. The third-order valence-electron chi connectivity index (χ3n) is 3.52. The number of carbonyl (C=O) groups is 1. The van der Waals surface area contributed by atoms with Crippen molar-refractivity contribution in [3.63, 3.8) is 0 Å². The molecule has 0 bridgehead atoms. The van der Waals surface area contributed by atoms with Gasteiger partial charge in [-0.1, -0.05) is 19.9 Å². The van der Waals surface area contributed by atoms with Gasteiger partial charge >= 0.3 is 5.97 Å². The van der Waals surface area contributed by atoms with Crippen LogP contribution in [0.4, 0.5) is 0 Å². The molecule has 0 fully saturated rings. The monoisotopic (exact) mass is 296 g/mol. The smallest absolute Gasteiger partial charge is 0.336 e. The molecule has 0 atom stereocenters. The van der Waals surface area contributed by atoms with E-state index in [0.717, 1.165) is 5.69 Å². The summed E-state index contributed by atoms with van der Waals surface area (Å²) < 4.78 is 1.60. The molecule has 0 aliphatic carbocycles. The van der Waals surface area contributed by atoms with E-state index in [9.17, 15) is 9.90 Å². The summed E-state index contributed by atoms with van der Waals surface area (Å²) >= 11 is 0. The lowest BCUT2D eigenvalue weighted by Crippen LogP contribution is -2.05. The number of aromatic nitrogens is 4. The van der Waals surface area contributed by atoms with Gasteiger partial charge in [-0.2, -0.15) is 9.78 Å². The molecule has 0 unspecified atom stereocenters. The van der Waals surface area contributed by atoms with Crippen molar-refractivity contribution < 1.29 is 9.90 Å². The van der Waals surface area contributed by atoms with Crippen molar-refractivity contribution in [1.82, 2.24) is 19.7 Å². The van der Waals surface area contributed by atoms with Crippen molar-refractivity contribution in [3.05, 3.63) is 47.4 Å². The van der Waals surface area contributed by atoms with Gasteiger partial charge in [0, 0.05) is 11.9 Å². The van der Waals surface area contributed by atoms with Crippen molar-refractivity contribution in [1.29, 1.82) is 0 Å². The average molecular weight is 296 g/mol. The third kappa shape index (κ3) is 2.22. The molecule has 0 aliphatic heterocycles. The molecule has 0 saturated carbocycles. The summed E-state index contributed by atoms with van der Waals surface area (Å²) in [6.45, 7) is 5.74. The van der Waals surface area contributed by atoms with Gasteiger partial charge in [-0.05, 0) is 31.0 Å². The lowest BCUT2D eigenvalue weighted by Gasteiger charge is -2.08. The summed E-state index contributed by atoms with van der Waals surface area (Å²) in [6, 6.07) is 7.12. The highest BCUT2D eigenvalue weighted by molar-refractivity contribution is 6.03. The Morgan fingerprint density at radius 1 is 1.32 bits per heavy atom. The topological polar surface area (TPSA) is 80.9 Å². The summed E-state index contributed by atoms with van der Waals surface area (Å²) in [4.78, 5) is 20.5. The van der Waals surface area contributed by atoms with Crippen LogP contribution >= 0.6 is 0 Å². The second-order valence-electron chi connectivity index (χ2n) is 5.44. The first-order valence-electron chi connectivity index (χ1n) is 7.04. The fourth-order valence-electron chi connectivity index (χ4n) is 2.41. The van der Waals surface area contributed by atoms with Crippen LogP contribution in [0.1, 0.15) is 41.5 Å². The number of carboxylic acid groups (broad SMARTS) is 1. The van der Waals surface area contributed by atoms with Gasteiger partial charge in [-0.15, -0.1) is 0 Å². The Hall–Kier alpha value is -2.76. The molecular formula is C16H16N4O2. The van der Waals surface area contributed by atoms with Crippen molar-refractivity contribution in [2.24, 2.45) is 0 Å². The highest BCUT2D eigenvalue weighted by atomic mass is 16.4. The Balaban J connectivity index is 2.39. The SMILES string of the molecule is Cc1nn(-c2ccccn2)c2nc(C(C)C)cc(C(=O)O)c12. The number of hydrogen-bond acceptors (Lipinski definition) is 4. The first-order chi connectivity index (χ1) is 10.5. The van der Waals surface area contributed by atoms with Gasteiger partial charge in [0.05, 0.1) is 16.6 Å². The van der Waals surface area contributed by atoms with E-state index in [1.807, 2.05) is 32.0 Å². The summed E-state index contributed by atoms with van der Waals surface area (Å²) in [5.41, 5.74) is 2.11. The van der Waals surface area contributed by atoms with Gasteiger partial charge < -0.3 is 5.11 Å². The number of rotatable bonds is 3. The van der Waals surface area contributed by atoms with Crippen molar-refractivity contribution in [2.75, 3.05) is 0 Å². The van der Waals surface area contributed by atoms with Crippen LogP contribution in [0.5, 0.6) is 0 Å². The molecule has 3 rings (SSSR count). The maximum Gasteiger partial charge on any atom is 0.336 e. The van der Waals surface area contributed by atoms with Crippen LogP contribution in [0.3, 0.4) is 0 Å². The molecule has 0 amide bonds. The number of hydrogen-bond donors (Lipinski definition) is 1. The fourth-order valence-corrected chi connectivity index (χ4v) is 2.41. The lowest BCUT2D eigenvalue weighted by molar-refractivity contribution is 0.0698. The lowest BCUT2D eigenvalue weighted by atomic mass is 10.0. The van der Waals surface area contributed by atoms with E-state index in [-0.39, 0.29) is 11.5 Å². The fraction of sp³-hybridized carbons (Fsp3) is 0.250. The molecule has 3 heterocycles. The highest BCUT2D eigenvalue weighted by Gasteiger charge is 2.20. The quantitative estimate of drug-likeness (QED) is 0.803. The standard InChI is InChI=1S/C16H16N4O2/c1-9(2)12-8-11(16(21)22)14-10(3)19-20(15(14)18-12)13-6-4-5-7-17-13/h4-9H,1-3H3,(H,21,22). The molecule has 0 aliphatic rings. The van der Waals surface area contributed by atoms with E-state index in [1.165, 1.54) is 0 Å². The normalized spacial score (nSPS) is 11.3. The minimum Gasteiger partial charge on any atom is -0.478 e. The second-order valence-corrected chi connectivity index (χ2v) is 5.44. The summed E-state index contributed by atoms with van der Waals surface area (Å²) in [5.74, 6) is -0.238. The number of aromatic carboxylic acids is 1. The van der Waals surface area contributed by atoms with E-state index < -0.39 is 5.97 Å². The number of aryl methyl sites for hydroxylation is 1. The van der Waals surface area contributed by atoms with Gasteiger partial charge in [-0.3, -0.25) is 0 Å². The predicted molar refractivity (Wildman–Crippen MR) is 82.4 cm³/mol. The van der Waals surface area contributed by atoms with Crippen molar-refractivity contribution >= 4 is 17.0 Å². The molecule has 22 heavy (non-hydrogen) atoms. The van der Waals surface area contributed by atoms with Crippen LogP contribution in [0.25, 0.3) is 16.9 Å². The largest absolute Gasteiger partial charge is 0.478 e.